The second-order valence-electron chi connectivity index (χ2n) is 4.65. The minimum atomic E-state index is -3.29. The highest BCUT2D eigenvalue weighted by Gasteiger charge is 2.18. The molecular formula is C13H19NO3S3. The molecule has 0 aliphatic carbocycles. The van der Waals surface area contributed by atoms with E-state index in [9.17, 15) is 8.42 Å². The predicted octanol–water partition coefficient (Wildman–Crippen LogP) is 1.45. The molecule has 7 heteroatoms. The van der Waals surface area contributed by atoms with E-state index >= 15 is 0 Å². The van der Waals surface area contributed by atoms with Crippen LogP contribution in [-0.4, -0.2) is 42.6 Å². The summed E-state index contributed by atoms with van der Waals surface area (Å²) in [5.74, 6) is 3.26. The lowest BCUT2D eigenvalue weighted by molar-refractivity contribution is 0.282. The highest BCUT2D eigenvalue weighted by atomic mass is 32.2. The van der Waals surface area contributed by atoms with E-state index in [0.717, 1.165) is 28.4 Å². The molecule has 1 unspecified atom stereocenters. The molecule has 0 amide bonds. The zero-order chi connectivity index (χ0) is 14.4. The standard InChI is InChI=1S/C13H19NO3S3/c15-8-11-1-3-12(4-2-11)10-20(16,17)14-7-13-9-18-5-6-19-13/h1-4,13-15H,5-10H2. The summed E-state index contributed by atoms with van der Waals surface area (Å²) in [6, 6.07) is 6.99. The zero-order valence-electron chi connectivity index (χ0n) is 11.1. The Labute approximate surface area is 128 Å². The minimum absolute atomic E-state index is 0.0107. The van der Waals surface area contributed by atoms with E-state index in [4.69, 9.17) is 5.11 Å². The monoisotopic (exact) mass is 333 g/mol. The molecule has 1 heterocycles. The van der Waals surface area contributed by atoms with Crippen LogP contribution in [0, 0.1) is 0 Å². The van der Waals surface area contributed by atoms with Crippen LogP contribution in [0.25, 0.3) is 0 Å². The van der Waals surface area contributed by atoms with Gasteiger partial charge in [-0.3, -0.25) is 0 Å². The van der Waals surface area contributed by atoms with Crippen molar-refractivity contribution in [1.29, 1.82) is 0 Å². The Kier molecular flexibility index (Phi) is 6.22. The smallest absolute Gasteiger partial charge is 0.215 e. The molecule has 0 radical (unpaired) electrons. The van der Waals surface area contributed by atoms with Crippen molar-refractivity contribution in [2.45, 2.75) is 17.6 Å². The maximum atomic E-state index is 12.0. The molecule has 0 saturated carbocycles. The van der Waals surface area contributed by atoms with Gasteiger partial charge in [0.05, 0.1) is 12.4 Å². The molecular weight excluding hydrogens is 314 g/mol. The van der Waals surface area contributed by atoms with Crippen LogP contribution >= 0.6 is 23.5 Å². The molecule has 1 aliphatic heterocycles. The Hall–Kier alpha value is -0.210. The summed E-state index contributed by atoms with van der Waals surface area (Å²) in [7, 11) is -3.29. The van der Waals surface area contributed by atoms with Crippen LogP contribution in [0.2, 0.25) is 0 Å². The number of rotatable bonds is 6. The molecule has 0 spiro atoms. The number of hydrogen-bond acceptors (Lipinski definition) is 5. The van der Waals surface area contributed by atoms with E-state index in [0.29, 0.717) is 11.8 Å². The van der Waals surface area contributed by atoms with Crippen LogP contribution in [0.15, 0.2) is 24.3 Å². The third kappa shape index (κ3) is 5.29. The molecule has 1 fully saturated rings. The summed E-state index contributed by atoms with van der Waals surface area (Å²) < 4.78 is 26.7. The van der Waals surface area contributed by atoms with Gasteiger partial charge in [0.25, 0.3) is 0 Å². The van der Waals surface area contributed by atoms with Gasteiger partial charge >= 0.3 is 0 Å². The minimum Gasteiger partial charge on any atom is -0.392 e. The molecule has 0 aromatic heterocycles. The number of aliphatic hydroxyl groups is 1. The summed E-state index contributed by atoms with van der Waals surface area (Å²) in [4.78, 5) is 0. The normalized spacial score (nSPS) is 19.9. The van der Waals surface area contributed by atoms with Gasteiger partial charge in [-0.2, -0.15) is 23.5 Å². The van der Waals surface area contributed by atoms with Crippen molar-refractivity contribution < 1.29 is 13.5 Å². The number of thioether (sulfide) groups is 2. The molecule has 1 aromatic carbocycles. The van der Waals surface area contributed by atoms with E-state index in [1.54, 1.807) is 24.3 Å². The van der Waals surface area contributed by atoms with Crippen molar-refractivity contribution in [3.8, 4) is 0 Å². The molecule has 2 N–H and O–H groups in total. The van der Waals surface area contributed by atoms with E-state index in [2.05, 4.69) is 4.72 Å². The Morgan fingerprint density at radius 2 is 1.90 bits per heavy atom. The van der Waals surface area contributed by atoms with Crippen LogP contribution in [0.5, 0.6) is 0 Å². The molecule has 2 rings (SSSR count). The first-order valence-electron chi connectivity index (χ1n) is 6.44. The van der Waals surface area contributed by atoms with Crippen molar-refractivity contribution >= 4 is 33.5 Å². The fourth-order valence-corrected chi connectivity index (χ4v) is 5.79. The van der Waals surface area contributed by atoms with E-state index in [1.807, 2.05) is 23.5 Å². The van der Waals surface area contributed by atoms with Gasteiger partial charge in [-0.15, -0.1) is 0 Å². The lowest BCUT2D eigenvalue weighted by atomic mass is 10.2. The molecule has 112 valence electrons. The number of nitrogens with one attached hydrogen (secondary N) is 1. The highest BCUT2D eigenvalue weighted by molar-refractivity contribution is 8.06. The average molecular weight is 334 g/mol. The van der Waals surface area contributed by atoms with Gasteiger partial charge in [-0.25, -0.2) is 13.1 Å². The maximum Gasteiger partial charge on any atom is 0.215 e. The quantitative estimate of drug-likeness (QED) is 0.825. The van der Waals surface area contributed by atoms with Crippen LogP contribution < -0.4 is 4.72 Å². The Morgan fingerprint density at radius 3 is 2.50 bits per heavy atom. The second-order valence-corrected chi connectivity index (χ2v) is 9.01. The molecule has 1 aromatic rings. The average Bonchev–Trinajstić information content (AvgIpc) is 2.47. The van der Waals surface area contributed by atoms with Gasteiger partial charge in [0.2, 0.25) is 10.0 Å². The molecule has 1 saturated heterocycles. The fourth-order valence-electron chi connectivity index (χ4n) is 1.89. The van der Waals surface area contributed by atoms with Crippen LogP contribution in [0.4, 0.5) is 0 Å². The van der Waals surface area contributed by atoms with E-state index < -0.39 is 10.0 Å². The first-order valence-corrected chi connectivity index (χ1v) is 10.3. The fraction of sp³-hybridized carbons (Fsp3) is 0.538. The van der Waals surface area contributed by atoms with Crippen molar-refractivity contribution in [1.82, 2.24) is 4.72 Å². The van der Waals surface area contributed by atoms with Crippen molar-refractivity contribution in [3.05, 3.63) is 35.4 Å². The summed E-state index contributed by atoms with van der Waals surface area (Å²) in [6.45, 7) is 0.483. The Balaban J connectivity index is 1.85. The Morgan fingerprint density at radius 1 is 1.20 bits per heavy atom. The molecule has 1 aliphatic rings. The van der Waals surface area contributed by atoms with Gasteiger partial charge in [0, 0.05) is 29.1 Å². The molecule has 20 heavy (non-hydrogen) atoms. The highest BCUT2D eigenvalue weighted by Crippen LogP contribution is 2.23. The summed E-state index contributed by atoms with van der Waals surface area (Å²) in [6.07, 6.45) is 0. The SMILES string of the molecule is O=S(=O)(Cc1ccc(CO)cc1)NCC1CSCCS1. The first-order chi connectivity index (χ1) is 9.59. The number of hydrogen-bond donors (Lipinski definition) is 2. The summed E-state index contributed by atoms with van der Waals surface area (Å²) in [5, 5.41) is 9.33. The second kappa shape index (κ2) is 7.70. The third-order valence-corrected chi connectivity index (χ3v) is 7.14. The maximum absolute atomic E-state index is 12.0. The molecule has 4 nitrogen and oxygen atoms in total. The first kappa shape index (κ1) is 16.2. The van der Waals surface area contributed by atoms with Gasteiger partial charge in [-0.1, -0.05) is 24.3 Å². The number of sulfonamides is 1. The van der Waals surface area contributed by atoms with Gasteiger partial charge in [-0.05, 0) is 11.1 Å². The predicted molar refractivity (Wildman–Crippen MR) is 86.6 cm³/mol. The van der Waals surface area contributed by atoms with Crippen LogP contribution in [0.3, 0.4) is 0 Å². The van der Waals surface area contributed by atoms with Gasteiger partial charge in [0.15, 0.2) is 0 Å². The lowest BCUT2D eigenvalue weighted by Crippen LogP contribution is -2.34. The topological polar surface area (TPSA) is 66.4 Å². The van der Waals surface area contributed by atoms with Crippen LogP contribution in [-0.2, 0) is 22.4 Å². The van der Waals surface area contributed by atoms with E-state index in [1.165, 1.54) is 0 Å². The lowest BCUT2D eigenvalue weighted by Gasteiger charge is -2.21. The summed E-state index contributed by atoms with van der Waals surface area (Å²) >= 11 is 3.72. The van der Waals surface area contributed by atoms with Crippen LogP contribution in [0.1, 0.15) is 11.1 Å². The third-order valence-electron chi connectivity index (χ3n) is 2.98. The van der Waals surface area contributed by atoms with Crippen molar-refractivity contribution in [2.24, 2.45) is 0 Å². The Bertz CT molecular complexity index is 510. The number of benzene rings is 1. The summed E-state index contributed by atoms with van der Waals surface area (Å²) in [5.41, 5.74) is 1.52. The zero-order valence-corrected chi connectivity index (χ0v) is 13.6. The molecule has 0 bridgehead atoms. The largest absolute Gasteiger partial charge is 0.392 e. The van der Waals surface area contributed by atoms with Crippen molar-refractivity contribution in [3.63, 3.8) is 0 Å². The van der Waals surface area contributed by atoms with E-state index in [-0.39, 0.29) is 12.4 Å². The van der Waals surface area contributed by atoms with Crippen molar-refractivity contribution in [2.75, 3.05) is 23.8 Å². The molecule has 1 atom stereocenters. The van der Waals surface area contributed by atoms with Gasteiger partial charge < -0.3 is 5.11 Å². The number of aliphatic hydroxyl groups excluding tert-OH is 1. The van der Waals surface area contributed by atoms with Gasteiger partial charge in [0.1, 0.15) is 0 Å².